The van der Waals surface area contributed by atoms with Crippen molar-refractivity contribution in [2.24, 2.45) is 5.73 Å². The molecule has 0 aromatic carbocycles. The van der Waals surface area contributed by atoms with E-state index in [4.69, 9.17) is 0 Å². The number of hydrogen-bond acceptors (Lipinski definition) is 4. The first kappa shape index (κ1) is 19.7. The zero-order valence-corrected chi connectivity index (χ0v) is 11.5. The zero-order chi connectivity index (χ0) is 11.1. The third kappa shape index (κ3) is 14.6. The third-order valence-corrected chi connectivity index (χ3v) is 2.59. The van der Waals surface area contributed by atoms with Crippen LogP contribution in [-0.4, -0.2) is 24.1 Å². The van der Waals surface area contributed by atoms with E-state index in [9.17, 15) is 17.8 Å². The number of hydrogen-bond donors (Lipinski definition) is 1. The van der Waals surface area contributed by atoms with Gasteiger partial charge in [0, 0.05) is 5.25 Å². The van der Waals surface area contributed by atoms with Gasteiger partial charge >= 0.3 is 29.6 Å². The molecule has 0 saturated heterocycles. The van der Waals surface area contributed by atoms with Crippen LogP contribution in [0, 0.1) is 0 Å². The van der Waals surface area contributed by atoms with Crippen molar-refractivity contribution in [2.75, 3.05) is 0 Å². The molecule has 7 heteroatoms. The molecule has 1 atom stereocenters. The minimum absolute atomic E-state index is 0. The van der Waals surface area contributed by atoms with Crippen LogP contribution in [0.2, 0.25) is 0 Å². The number of carbonyl (C=O) groups excluding carboxylic acids is 1. The largest absolute Gasteiger partial charge is 1.00 e. The Morgan fingerprint density at radius 3 is 1.93 bits per heavy atom. The normalized spacial score (nSPS) is 11.4. The Labute approximate surface area is 107 Å². The summed E-state index contributed by atoms with van der Waals surface area (Å²) in [5.74, 6) is -0.481. The molecule has 2 N–H and O–H groups in total. The number of rotatable bonds is 3. The predicted octanol–water partition coefficient (Wildman–Crippen LogP) is -3.01. The number of nitrogens with two attached hydrogens (primary N) is 1. The maximum Gasteiger partial charge on any atom is 1.00 e. The minimum atomic E-state index is -4.00. The molecule has 0 heterocycles. The Morgan fingerprint density at radius 1 is 1.64 bits per heavy atom. The number of primary amides is 1. The Kier molecular flexibility index (Phi) is 13.6. The van der Waals surface area contributed by atoms with E-state index in [1.807, 2.05) is 0 Å². The Bertz CT molecular complexity index is 263. The first-order chi connectivity index (χ1) is 5.75. The average Bonchev–Trinajstić information content (AvgIpc) is 2.02. The maximum absolute atomic E-state index is 10.0. The number of amides is 1. The van der Waals surface area contributed by atoms with E-state index in [-0.39, 0.29) is 29.6 Å². The van der Waals surface area contributed by atoms with Gasteiger partial charge in [0.2, 0.25) is 5.91 Å². The molecule has 0 aliphatic carbocycles. The summed E-state index contributed by atoms with van der Waals surface area (Å²) in [7, 11) is -4.00. The monoisotopic (exact) mass is 231 g/mol. The summed E-state index contributed by atoms with van der Waals surface area (Å²) in [5.41, 5.74) is 4.53. The fourth-order valence-corrected chi connectivity index (χ4v) is 0.612. The quantitative estimate of drug-likeness (QED) is 0.317. The second-order valence-corrected chi connectivity index (χ2v) is 4.11. The van der Waals surface area contributed by atoms with E-state index in [0.717, 1.165) is 6.08 Å². The van der Waals surface area contributed by atoms with Crippen LogP contribution in [0.4, 0.5) is 0 Å². The van der Waals surface area contributed by atoms with E-state index in [2.05, 4.69) is 12.3 Å². The molecule has 14 heavy (non-hydrogen) atoms. The van der Waals surface area contributed by atoms with Gasteiger partial charge in [0.05, 0.1) is 10.1 Å². The van der Waals surface area contributed by atoms with Crippen LogP contribution in [0.1, 0.15) is 20.3 Å². The van der Waals surface area contributed by atoms with Gasteiger partial charge in [-0.15, -0.1) is 0 Å². The van der Waals surface area contributed by atoms with Gasteiger partial charge in [0.15, 0.2) is 0 Å². The van der Waals surface area contributed by atoms with Gasteiger partial charge in [-0.05, 0) is 19.4 Å². The Morgan fingerprint density at radius 2 is 1.93 bits per heavy atom. The van der Waals surface area contributed by atoms with Crippen LogP contribution in [0.15, 0.2) is 12.7 Å². The van der Waals surface area contributed by atoms with Gasteiger partial charge in [-0.25, -0.2) is 8.42 Å². The summed E-state index contributed by atoms with van der Waals surface area (Å²) >= 11 is 0. The minimum Gasteiger partial charge on any atom is -0.748 e. The van der Waals surface area contributed by atoms with Gasteiger partial charge in [0.1, 0.15) is 0 Å². The smallest absolute Gasteiger partial charge is 0.748 e. The van der Waals surface area contributed by atoms with Crippen molar-refractivity contribution in [1.29, 1.82) is 0 Å². The zero-order valence-electron chi connectivity index (χ0n) is 8.69. The summed E-state index contributed by atoms with van der Waals surface area (Å²) in [6.45, 7) is 6.16. The van der Waals surface area contributed by atoms with E-state index in [0.29, 0.717) is 6.42 Å². The van der Waals surface area contributed by atoms with Crippen molar-refractivity contribution in [3.63, 3.8) is 0 Å². The molecule has 0 aliphatic rings. The van der Waals surface area contributed by atoms with Gasteiger partial charge in [-0.1, -0.05) is 13.5 Å². The molecule has 0 spiro atoms. The molecular weight excluding hydrogens is 217 g/mol. The van der Waals surface area contributed by atoms with E-state index in [1.165, 1.54) is 6.92 Å². The molecule has 5 nitrogen and oxygen atoms in total. The van der Waals surface area contributed by atoms with Gasteiger partial charge < -0.3 is 10.3 Å². The van der Waals surface area contributed by atoms with Crippen LogP contribution < -0.4 is 35.3 Å². The third-order valence-electron chi connectivity index (χ3n) is 1.27. The molecular formula is C7H14NNaO4S. The van der Waals surface area contributed by atoms with Crippen LogP contribution in [0.5, 0.6) is 0 Å². The van der Waals surface area contributed by atoms with Crippen molar-refractivity contribution in [3.8, 4) is 0 Å². The van der Waals surface area contributed by atoms with E-state index >= 15 is 0 Å². The summed E-state index contributed by atoms with van der Waals surface area (Å²) in [6, 6.07) is 0. The van der Waals surface area contributed by atoms with Crippen molar-refractivity contribution in [1.82, 2.24) is 0 Å². The molecule has 0 aromatic rings. The molecule has 0 saturated carbocycles. The van der Waals surface area contributed by atoms with Crippen LogP contribution >= 0.6 is 0 Å². The van der Waals surface area contributed by atoms with Crippen molar-refractivity contribution in [2.45, 2.75) is 25.5 Å². The molecule has 1 unspecified atom stereocenters. The molecule has 0 radical (unpaired) electrons. The summed E-state index contributed by atoms with van der Waals surface area (Å²) in [4.78, 5) is 9.47. The predicted molar refractivity (Wildman–Crippen MR) is 48.8 cm³/mol. The molecule has 0 aliphatic heterocycles. The summed E-state index contributed by atoms with van der Waals surface area (Å²) in [6.07, 6.45) is 1.45. The standard InChI is InChI=1S/C4H10O3S.C3H5NO.Na/c1-3-4(2)8(5,6)7;1-2-3(4)5;/h4H,3H2,1-2H3,(H,5,6,7);2H,1H2,(H2,4,5);/q;;+1/p-1. The van der Waals surface area contributed by atoms with Crippen LogP contribution in [0.25, 0.3) is 0 Å². The Balaban J connectivity index is -0.000000177. The van der Waals surface area contributed by atoms with Crippen LogP contribution in [0.3, 0.4) is 0 Å². The molecule has 0 rings (SSSR count). The first-order valence-electron chi connectivity index (χ1n) is 3.62. The Hall–Kier alpha value is 0.120. The second-order valence-electron chi connectivity index (χ2n) is 2.32. The van der Waals surface area contributed by atoms with E-state index in [1.54, 1.807) is 6.92 Å². The average molecular weight is 231 g/mol. The summed E-state index contributed by atoms with van der Waals surface area (Å²) in [5, 5.41) is -0.734. The molecule has 1 amide bonds. The van der Waals surface area contributed by atoms with Gasteiger partial charge in [-0.2, -0.15) is 0 Å². The molecule has 0 fully saturated rings. The fourth-order valence-electron chi connectivity index (χ4n) is 0.204. The topological polar surface area (TPSA) is 100 Å². The fraction of sp³-hybridized carbons (Fsp3) is 0.571. The number of carbonyl (C=O) groups is 1. The summed E-state index contributed by atoms with van der Waals surface area (Å²) < 4.78 is 30.0. The van der Waals surface area contributed by atoms with E-state index < -0.39 is 21.3 Å². The van der Waals surface area contributed by atoms with Crippen molar-refractivity contribution in [3.05, 3.63) is 12.7 Å². The van der Waals surface area contributed by atoms with Crippen molar-refractivity contribution >= 4 is 16.0 Å². The van der Waals surface area contributed by atoms with Gasteiger partial charge in [-0.3, -0.25) is 4.79 Å². The van der Waals surface area contributed by atoms with Crippen LogP contribution in [-0.2, 0) is 14.9 Å². The maximum atomic E-state index is 10.0. The molecule has 0 bridgehead atoms. The molecule has 78 valence electrons. The van der Waals surface area contributed by atoms with Crippen molar-refractivity contribution < 1.29 is 47.3 Å². The second kappa shape index (κ2) is 9.67. The molecule has 0 aromatic heterocycles. The first-order valence-corrected chi connectivity index (χ1v) is 5.09. The van der Waals surface area contributed by atoms with Gasteiger partial charge in [0.25, 0.3) is 0 Å². The SMILES string of the molecule is C=CC(N)=O.CCC(C)S(=O)(=O)[O-].[Na+].